The number of carbonyl (C=O) groups excluding carboxylic acids is 1. The van der Waals surface area contributed by atoms with Crippen molar-refractivity contribution in [2.45, 2.75) is 44.7 Å². The second-order valence-electron chi connectivity index (χ2n) is 10.2. The van der Waals surface area contributed by atoms with E-state index in [9.17, 15) is 4.79 Å². The van der Waals surface area contributed by atoms with Gasteiger partial charge in [0.1, 0.15) is 11.4 Å². The highest BCUT2D eigenvalue weighted by atomic mass is 32.2. The van der Waals surface area contributed by atoms with Gasteiger partial charge in [0.05, 0.1) is 12.8 Å². The Balaban J connectivity index is 1.61. The average molecular weight is 555 g/mol. The smallest absolute Gasteiger partial charge is 0.414 e. The van der Waals surface area contributed by atoms with Crippen LogP contribution in [0.2, 0.25) is 0 Å². The number of benzene rings is 3. The van der Waals surface area contributed by atoms with Gasteiger partial charge in [-0.1, -0.05) is 60.2 Å². The molecule has 0 atom stereocenters. The van der Waals surface area contributed by atoms with Gasteiger partial charge in [0.2, 0.25) is 5.96 Å². The minimum Gasteiger partial charge on any atom is -0.497 e. The van der Waals surface area contributed by atoms with Crippen LogP contribution in [-0.2, 0) is 11.3 Å². The summed E-state index contributed by atoms with van der Waals surface area (Å²) in [6.07, 6.45) is 1.25. The van der Waals surface area contributed by atoms with E-state index in [0.29, 0.717) is 6.54 Å². The standard InChI is InChI=1S/C32H34N4O3S/c1-22-11-13-25(14-12-22)29-28(24-15-17-26(38-5)18-16-24)19-23(20-33-29)21-34-30(35-31(37)39-32(2,3)4)36-40-27-9-7-6-8-10-27/h6-20H,21H2,1-5H3,(H2,34,35,36,37). The van der Waals surface area contributed by atoms with Gasteiger partial charge >= 0.3 is 6.09 Å². The first kappa shape index (κ1) is 28.7. The van der Waals surface area contributed by atoms with Crippen molar-refractivity contribution in [2.75, 3.05) is 7.11 Å². The van der Waals surface area contributed by atoms with Crippen LogP contribution < -0.4 is 15.4 Å². The van der Waals surface area contributed by atoms with Crippen molar-refractivity contribution in [1.29, 1.82) is 0 Å². The third-order valence-electron chi connectivity index (χ3n) is 5.74. The van der Waals surface area contributed by atoms with Crippen molar-refractivity contribution in [2.24, 2.45) is 4.40 Å². The number of carbonyl (C=O) groups is 1. The molecule has 0 aliphatic rings. The Hall–Kier alpha value is -4.30. The highest BCUT2D eigenvalue weighted by molar-refractivity contribution is 7.98. The van der Waals surface area contributed by atoms with E-state index in [1.807, 2.05) is 81.6 Å². The maximum absolute atomic E-state index is 12.5. The Morgan fingerprint density at radius 2 is 1.62 bits per heavy atom. The molecule has 0 unspecified atom stereocenters. The van der Waals surface area contributed by atoms with E-state index < -0.39 is 11.7 Å². The molecule has 0 saturated heterocycles. The molecule has 3 aromatic carbocycles. The third-order valence-corrected chi connectivity index (χ3v) is 6.49. The Kier molecular flexibility index (Phi) is 9.45. The average Bonchev–Trinajstić information content (AvgIpc) is 2.94. The van der Waals surface area contributed by atoms with Gasteiger partial charge < -0.3 is 14.8 Å². The molecule has 0 bridgehead atoms. The summed E-state index contributed by atoms with van der Waals surface area (Å²) in [5, 5.41) is 5.98. The summed E-state index contributed by atoms with van der Waals surface area (Å²) in [5.41, 5.74) is 5.40. The van der Waals surface area contributed by atoms with Crippen LogP contribution in [0.25, 0.3) is 22.4 Å². The first-order valence-electron chi connectivity index (χ1n) is 12.9. The van der Waals surface area contributed by atoms with Crippen molar-refractivity contribution in [3.63, 3.8) is 0 Å². The maximum atomic E-state index is 12.5. The molecule has 0 radical (unpaired) electrons. The summed E-state index contributed by atoms with van der Waals surface area (Å²) < 4.78 is 15.3. The molecule has 40 heavy (non-hydrogen) atoms. The molecule has 7 nitrogen and oxygen atoms in total. The molecule has 1 aromatic heterocycles. The number of nitrogens with zero attached hydrogens (tertiary/aromatic N) is 2. The molecule has 1 amide bonds. The van der Waals surface area contributed by atoms with E-state index in [-0.39, 0.29) is 5.96 Å². The molecule has 0 aliphatic carbocycles. The van der Waals surface area contributed by atoms with Crippen molar-refractivity contribution in [1.82, 2.24) is 15.6 Å². The van der Waals surface area contributed by atoms with E-state index in [1.165, 1.54) is 17.5 Å². The molecule has 0 saturated carbocycles. The Bertz CT molecular complexity index is 1450. The minimum absolute atomic E-state index is 0.289. The van der Waals surface area contributed by atoms with Crippen molar-refractivity contribution in [3.8, 4) is 28.1 Å². The highest BCUT2D eigenvalue weighted by Gasteiger charge is 2.18. The molecule has 4 rings (SSSR count). The SMILES string of the molecule is COc1ccc(-c2cc(CN/C(=N/Sc3ccccc3)NC(=O)OC(C)(C)C)cnc2-c2ccc(C)cc2)cc1. The first-order valence-corrected chi connectivity index (χ1v) is 13.7. The van der Waals surface area contributed by atoms with Crippen LogP contribution in [0.1, 0.15) is 31.9 Å². The van der Waals surface area contributed by atoms with Gasteiger partial charge in [-0.05, 0) is 69.2 Å². The topological polar surface area (TPSA) is 84.8 Å². The Morgan fingerprint density at radius 3 is 2.27 bits per heavy atom. The van der Waals surface area contributed by atoms with Crippen LogP contribution in [-0.4, -0.2) is 29.7 Å². The number of amides is 1. The normalized spacial score (nSPS) is 11.6. The van der Waals surface area contributed by atoms with Crippen molar-refractivity contribution < 1.29 is 14.3 Å². The van der Waals surface area contributed by atoms with Crippen LogP contribution in [0.5, 0.6) is 5.75 Å². The summed E-state index contributed by atoms with van der Waals surface area (Å²) >= 11 is 1.26. The fourth-order valence-electron chi connectivity index (χ4n) is 3.80. The molecular weight excluding hydrogens is 520 g/mol. The lowest BCUT2D eigenvalue weighted by Crippen LogP contribution is -2.43. The fourth-order valence-corrected chi connectivity index (χ4v) is 4.39. The summed E-state index contributed by atoms with van der Waals surface area (Å²) in [6.45, 7) is 7.90. The molecule has 8 heteroatoms. The summed E-state index contributed by atoms with van der Waals surface area (Å²) in [4.78, 5) is 18.3. The van der Waals surface area contributed by atoms with Gasteiger partial charge in [-0.15, -0.1) is 0 Å². The number of aromatic nitrogens is 1. The molecule has 4 aromatic rings. The quantitative estimate of drug-likeness (QED) is 0.141. The van der Waals surface area contributed by atoms with Crippen LogP contribution >= 0.6 is 11.9 Å². The monoisotopic (exact) mass is 554 g/mol. The van der Waals surface area contributed by atoms with Crippen LogP contribution in [0.4, 0.5) is 4.79 Å². The lowest BCUT2D eigenvalue weighted by atomic mass is 9.97. The predicted octanol–water partition coefficient (Wildman–Crippen LogP) is 7.41. The number of aryl methyl sites for hydroxylation is 1. The van der Waals surface area contributed by atoms with Gasteiger partial charge in [-0.3, -0.25) is 10.3 Å². The first-order chi connectivity index (χ1) is 19.2. The van der Waals surface area contributed by atoms with Gasteiger partial charge in [0, 0.05) is 40.7 Å². The molecule has 0 fully saturated rings. The number of hydrogen-bond acceptors (Lipinski definition) is 6. The second-order valence-corrected chi connectivity index (χ2v) is 11.0. The summed E-state index contributed by atoms with van der Waals surface area (Å²) in [5.74, 6) is 1.08. The number of guanidine groups is 1. The third kappa shape index (κ3) is 8.35. The molecule has 0 aliphatic heterocycles. The molecule has 1 heterocycles. The number of hydrogen-bond donors (Lipinski definition) is 2. The van der Waals surface area contributed by atoms with Gasteiger partial charge in [-0.2, -0.15) is 4.40 Å². The lowest BCUT2D eigenvalue weighted by Gasteiger charge is -2.20. The zero-order valence-electron chi connectivity index (χ0n) is 23.4. The molecule has 0 spiro atoms. The maximum Gasteiger partial charge on any atom is 0.414 e. The van der Waals surface area contributed by atoms with Crippen molar-refractivity contribution in [3.05, 3.63) is 102 Å². The summed E-state index contributed by atoms with van der Waals surface area (Å²) in [7, 11) is 1.65. The van der Waals surface area contributed by atoms with E-state index in [2.05, 4.69) is 52.3 Å². The Labute approximate surface area is 240 Å². The minimum atomic E-state index is -0.634. The van der Waals surface area contributed by atoms with E-state index in [1.54, 1.807) is 7.11 Å². The summed E-state index contributed by atoms with van der Waals surface area (Å²) in [6, 6.07) is 28.1. The largest absolute Gasteiger partial charge is 0.497 e. The number of ether oxygens (including phenoxy) is 2. The number of alkyl carbamates (subject to hydrolysis) is 1. The fraction of sp³-hybridized carbons (Fsp3) is 0.219. The number of methoxy groups -OCH3 is 1. The van der Waals surface area contributed by atoms with E-state index in [0.717, 1.165) is 38.6 Å². The van der Waals surface area contributed by atoms with Crippen LogP contribution in [0, 0.1) is 6.92 Å². The zero-order chi connectivity index (χ0) is 28.5. The van der Waals surface area contributed by atoms with Gasteiger partial charge in [-0.25, -0.2) is 4.79 Å². The molecular formula is C32H34N4O3S. The Morgan fingerprint density at radius 1 is 0.950 bits per heavy atom. The van der Waals surface area contributed by atoms with Gasteiger partial charge in [0.15, 0.2) is 0 Å². The zero-order valence-corrected chi connectivity index (χ0v) is 24.2. The lowest BCUT2D eigenvalue weighted by molar-refractivity contribution is 0.0561. The number of rotatable bonds is 7. The second kappa shape index (κ2) is 13.2. The van der Waals surface area contributed by atoms with E-state index >= 15 is 0 Å². The highest BCUT2D eigenvalue weighted by Crippen LogP contribution is 2.32. The van der Waals surface area contributed by atoms with Crippen molar-refractivity contribution >= 4 is 24.0 Å². The van der Waals surface area contributed by atoms with Crippen LogP contribution in [0.15, 0.2) is 100 Å². The predicted molar refractivity (Wildman–Crippen MR) is 162 cm³/mol. The van der Waals surface area contributed by atoms with E-state index in [4.69, 9.17) is 14.5 Å². The molecule has 2 N–H and O–H groups in total. The number of pyridine rings is 1. The van der Waals surface area contributed by atoms with Gasteiger partial charge in [0.25, 0.3) is 0 Å². The molecule has 206 valence electrons. The van der Waals surface area contributed by atoms with Crippen LogP contribution in [0.3, 0.4) is 0 Å². The number of nitrogens with one attached hydrogen (secondary N) is 2.